The van der Waals surface area contributed by atoms with Gasteiger partial charge in [-0.1, -0.05) is 60.1 Å². The van der Waals surface area contributed by atoms with Crippen molar-refractivity contribution in [2.75, 3.05) is 0 Å². The Morgan fingerprint density at radius 3 is 2.52 bits per heavy atom. The number of aromatic nitrogens is 2. The second kappa shape index (κ2) is 8.80. The predicted molar refractivity (Wildman–Crippen MR) is 114 cm³/mol. The molecule has 0 spiro atoms. The highest BCUT2D eigenvalue weighted by Gasteiger charge is 2.14. The normalized spacial score (nSPS) is 10.8. The molecule has 29 heavy (non-hydrogen) atoms. The highest BCUT2D eigenvalue weighted by atomic mass is 35.5. The van der Waals surface area contributed by atoms with Crippen LogP contribution in [0.1, 0.15) is 11.4 Å². The number of amides is 1. The molecule has 146 valence electrons. The van der Waals surface area contributed by atoms with Crippen LogP contribution in [0, 0.1) is 0 Å². The molecule has 1 heterocycles. The summed E-state index contributed by atoms with van der Waals surface area (Å²) in [5, 5.41) is 3.57. The lowest BCUT2D eigenvalue weighted by molar-refractivity contribution is -0.121. The molecule has 0 fully saturated rings. The Hall–Kier alpha value is -3.31. The standard InChI is InChI=1S/C23H20ClN3O2/c24-19-11-5-4-8-17(19)14-25-23(28)15-27-21-13-7-6-12-20(21)26-22(27)16-29-18-9-2-1-3-10-18/h1-13H,14-16H2,(H,25,28). The van der Waals surface area contributed by atoms with E-state index in [2.05, 4.69) is 10.3 Å². The van der Waals surface area contributed by atoms with Crippen molar-refractivity contribution < 1.29 is 9.53 Å². The molecule has 0 aliphatic heterocycles. The lowest BCUT2D eigenvalue weighted by Crippen LogP contribution is -2.28. The fourth-order valence-electron chi connectivity index (χ4n) is 3.11. The van der Waals surface area contributed by atoms with Crippen molar-refractivity contribution in [2.45, 2.75) is 19.7 Å². The van der Waals surface area contributed by atoms with E-state index in [-0.39, 0.29) is 19.1 Å². The quantitative estimate of drug-likeness (QED) is 0.489. The van der Waals surface area contributed by atoms with Crippen molar-refractivity contribution in [3.63, 3.8) is 0 Å². The van der Waals surface area contributed by atoms with Crippen molar-refractivity contribution >= 4 is 28.5 Å². The summed E-state index contributed by atoms with van der Waals surface area (Å²) < 4.78 is 7.75. The molecule has 1 N–H and O–H groups in total. The van der Waals surface area contributed by atoms with Crippen LogP contribution in [-0.2, 0) is 24.5 Å². The average Bonchev–Trinajstić information content (AvgIpc) is 3.10. The van der Waals surface area contributed by atoms with Crippen LogP contribution in [0.15, 0.2) is 78.9 Å². The molecule has 0 atom stereocenters. The number of carbonyl (C=O) groups is 1. The molecule has 6 heteroatoms. The van der Waals surface area contributed by atoms with Gasteiger partial charge in [0.25, 0.3) is 0 Å². The van der Waals surface area contributed by atoms with E-state index < -0.39 is 0 Å². The van der Waals surface area contributed by atoms with Gasteiger partial charge in [-0.15, -0.1) is 0 Å². The highest BCUT2D eigenvalue weighted by Crippen LogP contribution is 2.19. The molecule has 0 bridgehead atoms. The van der Waals surface area contributed by atoms with Gasteiger partial charge in [-0.2, -0.15) is 0 Å². The smallest absolute Gasteiger partial charge is 0.240 e. The Labute approximate surface area is 173 Å². The van der Waals surface area contributed by atoms with Gasteiger partial charge in [-0.25, -0.2) is 4.98 Å². The molecule has 5 nitrogen and oxygen atoms in total. The lowest BCUT2D eigenvalue weighted by Gasteiger charge is -2.11. The predicted octanol–water partition coefficient (Wildman–Crippen LogP) is 4.59. The Morgan fingerprint density at radius 2 is 1.69 bits per heavy atom. The zero-order chi connectivity index (χ0) is 20.1. The fraction of sp³-hybridized carbons (Fsp3) is 0.130. The van der Waals surface area contributed by atoms with E-state index in [4.69, 9.17) is 16.3 Å². The van der Waals surface area contributed by atoms with Gasteiger partial charge in [-0.3, -0.25) is 4.79 Å². The van der Waals surface area contributed by atoms with Gasteiger partial charge in [0.1, 0.15) is 24.7 Å². The number of halogens is 1. The number of rotatable bonds is 7. The topological polar surface area (TPSA) is 56.2 Å². The number of carbonyl (C=O) groups excluding carboxylic acids is 1. The second-order valence-corrected chi connectivity index (χ2v) is 6.98. The van der Waals surface area contributed by atoms with E-state index >= 15 is 0 Å². The molecule has 1 aromatic heterocycles. The van der Waals surface area contributed by atoms with Crippen LogP contribution in [0.2, 0.25) is 5.02 Å². The van der Waals surface area contributed by atoms with Gasteiger partial charge >= 0.3 is 0 Å². The summed E-state index contributed by atoms with van der Waals surface area (Å²) >= 11 is 6.17. The molecule has 0 aliphatic rings. The van der Waals surface area contributed by atoms with E-state index in [1.165, 1.54) is 0 Å². The number of hydrogen-bond donors (Lipinski definition) is 1. The Morgan fingerprint density at radius 1 is 0.966 bits per heavy atom. The first-order valence-corrected chi connectivity index (χ1v) is 9.70. The molecule has 0 aliphatic carbocycles. The summed E-state index contributed by atoms with van der Waals surface area (Å²) in [6.07, 6.45) is 0. The van der Waals surface area contributed by atoms with E-state index in [0.717, 1.165) is 22.3 Å². The van der Waals surface area contributed by atoms with E-state index in [1.807, 2.05) is 83.4 Å². The minimum Gasteiger partial charge on any atom is -0.486 e. The van der Waals surface area contributed by atoms with Crippen molar-refractivity contribution in [3.05, 3.63) is 95.3 Å². The van der Waals surface area contributed by atoms with Gasteiger partial charge in [0.2, 0.25) is 5.91 Å². The molecule has 1 amide bonds. The van der Waals surface area contributed by atoms with Gasteiger partial charge in [0, 0.05) is 11.6 Å². The number of ether oxygens (including phenoxy) is 1. The van der Waals surface area contributed by atoms with Gasteiger partial charge < -0.3 is 14.6 Å². The maximum Gasteiger partial charge on any atom is 0.240 e. The molecule has 0 unspecified atom stereocenters. The first kappa shape index (κ1) is 19.0. The van der Waals surface area contributed by atoms with Crippen molar-refractivity contribution in [2.24, 2.45) is 0 Å². The number of nitrogens with zero attached hydrogens (tertiary/aromatic N) is 2. The number of fused-ring (bicyclic) bond motifs is 1. The largest absolute Gasteiger partial charge is 0.486 e. The van der Waals surface area contributed by atoms with E-state index in [1.54, 1.807) is 0 Å². The molecule has 3 aromatic carbocycles. The second-order valence-electron chi connectivity index (χ2n) is 6.57. The van der Waals surface area contributed by atoms with Crippen LogP contribution in [0.3, 0.4) is 0 Å². The molecule has 0 radical (unpaired) electrons. The third-order valence-corrected chi connectivity index (χ3v) is 4.95. The summed E-state index contributed by atoms with van der Waals surface area (Å²) in [4.78, 5) is 17.3. The van der Waals surface area contributed by atoms with Crippen LogP contribution >= 0.6 is 11.6 Å². The first-order valence-electron chi connectivity index (χ1n) is 9.33. The molecular weight excluding hydrogens is 386 g/mol. The van der Waals surface area contributed by atoms with Crippen LogP contribution in [0.4, 0.5) is 0 Å². The number of benzene rings is 3. The van der Waals surface area contributed by atoms with Crippen molar-refractivity contribution in [1.29, 1.82) is 0 Å². The summed E-state index contributed by atoms with van der Waals surface area (Å²) in [5.74, 6) is 1.34. The highest BCUT2D eigenvalue weighted by molar-refractivity contribution is 6.31. The lowest BCUT2D eigenvalue weighted by atomic mass is 10.2. The van der Waals surface area contributed by atoms with E-state index in [0.29, 0.717) is 17.4 Å². The zero-order valence-corrected chi connectivity index (χ0v) is 16.5. The monoisotopic (exact) mass is 405 g/mol. The Kier molecular flexibility index (Phi) is 5.77. The third-order valence-electron chi connectivity index (χ3n) is 4.58. The number of imidazole rings is 1. The number of hydrogen-bond acceptors (Lipinski definition) is 3. The summed E-state index contributed by atoms with van der Waals surface area (Å²) in [6.45, 7) is 0.802. The minimum atomic E-state index is -0.117. The molecular formula is C23H20ClN3O2. The third kappa shape index (κ3) is 4.58. The van der Waals surface area contributed by atoms with Crippen LogP contribution in [-0.4, -0.2) is 15.5 Å². The van der Waals surface area contributed by atoms with Gasteiger partial charge in [0.05, 0.1) is 11.0 Å². The minimum absolute atomic E-state index is 0.117. The summed E-state index contributed by atoms with van der Waals surface area (Å²) in [5.41, 5.74) is 2.61. The molecule has 0 saturated carbocycles. The van der Waals surface area contributed by atoms with Crippen LogP contribution in [0.5, 0.6) is 5.75 Å². The van der Waals surface area contributed by atoms with E-state index in [9.17, 15) is 4.79 Å². The fourth-order valence-corrected chi connectivity index (χ4v) is 3.31. The van der Waals surface area contributed by atoms with Gasteiger partial charge in [0.15, 0.2) is 0 Å². The summed E-state index contributed by atoms with van der Waals surface area (Å²) in [6, 6.07) is 24.8. The Bertz CT molecular complexity index is 1130. The number of nitrogens with one attached hydrogen (secondary N) is 1. The number of para-hydroxylation sites is 3. The van der Waals surface area contributed by atoms with Crippen LogP contribution in [0.25, 0.3) is 11.0 Å². The summed E-state index contributed by atoms with van der Waals surface area (Å²) in [7, 11) is 0. The first-order chi connectivity index (χ1) is 14.2. The van der Waals surface area contributed by atoms with Crippen molar-refractivity contribution in [3.8, 4) is 5.75 Å². The van der Waals surface area contributed by atoms with Gasteiger partial charge in [-0.05, 0) is 35.9 Å². The maximum absolute atomic E-state index is 12.6. The zero-order valence-electron chi connectivity index (χ0n) is 15.7. The molecule has 0 saturated heterocycles. The molecule has 4 aromatic rings. The SMILES string of the molecule is O=C(Cn1c(COc2ccccc2)nc2ccccc21)NCc1ccccc1Cl. The maximum atomic E-state index is 12.6. The van der Waals surface area contributed by atoms with Crippen molar-refractivity contribution in [1.82, 2.24) is 14.9 Å². The molecule has 4 rings (SSSR count). The van der Waals surface area contributed by atoms with Crippen LogP contribution < -0.4 is 10.1 Å². The Balaban J connectivity index is 1.50. The average molecular weight is 406 g/mol.